The molecule has 0 spiro atoms. The Morgan fingerprint density at radius 3 is 3.00 bits per heavy atom. The maximum atomic E-state index is 4.70. The molecule has 1 fully saturated rings. The molecule has 4 rings (SSSR count). The smallest absolute Gasteiger partial charge is 0.161 e. The zero-order chi connectivity index (χ0) is 12.7. The van der Waals surface area contributed by atoms with Gasteiger partial charge in [-0.1, -0.05) is 6.07 Å². The highest BCUT2D eigenvalue weighted by Crippen LogP contribution is 2.21. The Bertz CT molecular complexity index is 694. The highest BCUT2D eigenvalue weighted by Gasteiger charge is 2.22. The van der Waals surface area contributed by atoms with E-state index in [1.807, 2.05) is 29.0 Å². The lowest BCUT2D eigenvalue weighted by molar-refractivity contribution is 0.666. The summed E-state index contributed by atoms with van der Waals surface area (Å²) in [7, 11) is 0. The number of hydrogen-bond acceptors (Lipinski definition) is 3. The van der Waals surface area contributed by atoms with Crippen molar-refractivity contribution in [3.63, 3.8) is 0 Å². The zero-order valence-electron chi connectivity index (χ0n) is 10.5. The van der Waals surface area contributed by atoms with Gasteiger partial charge in [-0.05, 0) is 25.0 Å². The van der Waals surface area contributed by atoms with Gasteiger partial charge in [0.05, 0.1) is 5.69 Å². The predicted octanol–water partition coefficient (Wildman–Crippen LogP) is 1.77. The third-order valence-corrected chi connectivity index (χ3v) is 3.49. The Morgan fingerprint density at radius 2 is 2.21 bits per heavy atom. The molecule has 96 valence electrons. The molecule has 3 heterocycles. The molecule has 0 radical (unpaired) electrons. The number of rotatable bonds is 4. The monoisotopic (exact) mass is 253 g/mol. The van der Waals surface area contributed by atoms with Crippen LogP contribution in [0.4, 0.5) is 0 Å². The summed E-state index contributed by atoms with van der Waals surface area (Å²) in [5, 5.41) is 3.56. The first-order valence-electron chi connectivity index (χ1n) is 6.59. The Balaban J connectivity index is 1.82. The molecule has 0 aliphatic heterocycles. The van der Waals surface area contributed by atoms with E-state index < -0.39 is 0 Å². The molecule has 0 saturated heterocycles. The van der Waals surface area contributed by atoms with E-state index >= 15 is 0 Å². The summed E-state index contributed by atoms with van der Waals surface area (Å²) in [5.41, 5.74) is 2.15. The van der Waals surface area contributed by atoms with Crippen LogP contribution >= 0.6 is 0 Å². The van der Waals surface area contributed by atoms with Crippen LogP contribution in [-0.2, 0) is 6.54 Å². The molecule has 0 unspecified atom stereocenters. The van der Waals surface area contributed by atoms with Gasteiger partial charge in [-0.15, -0.1) is 0 Å². The fraction of sp³-hybridized carbons (Fsp3) is 0.286. The number of aromatic nitrogens is 4. The van der Waals surface area contributed by atoms with Gasteiger partial charge in [0.2, 0.25) is 0 Å². The van der Waals surface area contributed by atoms with Gasteiger partial charge in [-0.3, -0.25) is 4.57 Å². The molecule has 1 aliphatic carbocycles. The van der Waals surface area contributed by atoms with Crippen molar-refractivity contribution in [3.8, 4) is 5.82 Å². The normalized spacial score (nSPS) is 15.2. The Morgan fingerprint density at radius 1 is 1.26 bits per heavy atom. The van der Waals surface area contributed by atoms with Crippen LogP contribution in [0.1, 0.15) is 18.5 Å². The van der Waals surface area contributed by atoms with Crippen molar-refractivity contribution in [2.24, 2.45) is 0 Å². The van der Waals surface area contributed by atoms with Crippen molar-refractivity contribution in [2.45, 2.75) is 25.4 Å². The third-order valence-electron chi connectivity index (χ3n) is 3.49. The summed E-state index contributed by atoms with van der Waals surface area (Å²) >= 11 is 0. The largest absolute Gasteiger partial charge is 0.308 e. The van der Waals surface area contributed by atoms with Gasteiger partial charge in [0.1, 0.15) is 12.0 Å². The SMILES string of the molecule is c1ccn2c(CNC3CC3)c(-n3ccnc3)nc2c1. The maximum absolute atomic E-state index is 4.70. The number of nitrogens with one attached hydrogen (secondary N) is 1. The first-order chi connectivity index (χ1) is 9.42. The highest BCUT2D eigenvalue weighted by molar-refractivity contribution is 5.48. The second kappa shape index (κ2) is 4.20. The quantitative estimate of drug-likeness (QED) is 0.771. The number of fused-ring (bicyclic) bond motifs is 1. The van der Waals surface area contributed by atoms with Gasteiger partial charge in [-0.2, -0.15) is 0 Å². The first kappa shape index (κ1) is 10.8. The molecule has 5 heteroatoms. The minimum Gasteiger partial charge on any atom is -0.308 e. The molecule has 1 aliphatic rings. The molecule has 0 amide bonds. The van der Waals surface area contributed by atoms with Crippen molar-refractivity contribution in [2.75, 3.05) is 0 Å². The lowest BCUT2D eigenvalue weighted by Crippen LogP contribution is -2.17. The van der Waals surface area contributed by atoms with Crippen molar-refractivity contribution in [3.05, 3.63) is 48.8 Å². The van der Waals surface area contributed by atoms with Gasteiger partial charge in [0.15, 0.2) is 5.82 Å². The predicted molar refractivity (Wildman–Crippen MR) is 72.2 cm³/mol. The summed E-state index contributed by atoms with van der Waals surface area (Å²) < 4.78 is 4.11. The Kier molecular flexibility index (Phi) is 2.38. The average Bonchev–Trinajstić information content (AvgIpc) is 2.99. The van der Waals surface area contributed by atoms with Crippen LogP contribution < -0.4 is 5.32 Å². The fourth-order valence-electron chi connectivity index (χ4n) is 2.32. The molecule has 0 aromatic carbocycles. The minimum absolute atomic E-state index is 0.685. The van der Waals surface area contributed by atoms with Crippen LogP contribution in [0.15, 0.2) is 43.1 Å². The van der Waals surface area contributed by atoms with Gasteiger partial charge in [0.25, 0.3) is 0 Å². The van der Waals surface area contributed by atoms with E-state index in [4.69, 9.17) is 4.98 Å². The lowest BCUT2D eigenvalue weighted by atomic mass is 10.4. The lowest BCUT2D eigenvalue weighted by Gasteiger charge is -2.06. The summed E-state index contributed by atoms with van der Waals surface area (Å²) in [5.74, 6) is 0.955. The molecular weight excluding hydrogens is 238 g/mol. The second-order valence-electron chi connectivity index (χ2n) is 4.94. The molecular formula is C14H15N5. The number of imidazole rings is 2. The molecule has 1 N–H and O–H groups in total. The molecule has 0 atom stereocenters. The average molecular weight is 253 g/mol. The van der Waals surface area contributed by atoms with Crippen LogP contribution in [0.25, 0.3) is 11.5 Å². The van der Waals surface area contributed by atoms with E-state index in [1.165, 1.54) is 18.5 Å². The molecule has 19 heavy (non-hydrogen) atoms. The van der Waals surface area contributed by atoms with E-state index in [2.05, 4.69) is 20.9 Å². The van der Waals surface area contributed by atoms with E-state index in [0.717, 1.165) is 18.0 Å². The van der Waals surface area contributed by atoms with Crippen molar-refractivity contribution < 1.29 is 0 Å². The third kappa shape index (κ3) is 1.92. The standard InChI is InChI=1S/C14H15N5/c1-2-7-19-12(9-16-11-4-5-11)14(17-13(19)3-1)18-8-6-15-10-18/h1-3,6-8,10-11,16H,4-5,9H2. The molecule has 3 aromatic heterocycles. The minimum atomic E-state index is 0.685. The van der Waals surface area contributed by atoms with Crippen LogP contribution in [0.2, 0.25) is 0 Å². The van der Waals surface area contributed by atoms with Crippen LogP contribution in [0, 0.1) is 0 Å². The van der Waals surface area contributed by atoms with E-state index in [0.29, 0.717) is 6.04 Å². The number of pyridine rings is 1. The second-order valence-corrected chi connectivity index (χ2v) is 4.94. The van der Waals surface area contributed by atoms with Crippen molar-refractivity contribution in [1.82, 2.24) is 24.3 Å². The zero-order valence-corrected chi connectivity index (χ0v) is 10.5. The van der Waals surface area contributed by atoms with E-state index in [-0.39, 0.29) is 0 Å². The topological polar surface area (TPSA) is 47.1 Å². The summed E-state index contributed by atoms with van der Waals surface area (Å²) in [6, 6.07) is 6.76. The number of nitrogens with zero attached hydrogens (tertiary/aromatic N) is 4. The van der Waals surface area contributed by atoms with Crippen LogP contribution in [0.5, 0.6) is 0 Å². The van der Waals surface area contributed by atoms with Gasteiger partial charge >= 0.3 is 0 Å². The highest BCUT2D eigenvalue weighted by atomic mass is 15.2. The van der Waals surface area contributed by atoms with Gasteiger partial charge in [0, 0.05) is 31.2 Å². The van der Waals surface area contributed by atoms with Gasteiger partial charge < -0.3 is 9.72 Å². The fourth-order valence-corrected chi connectivity index (χ4v) is 2.32. The van der Waals surface area contributed by atoms with Crippen LogP contribution in [0.3, 0.4) is 0 Å². The Hall–Kier alpha value is -2.14. The summed E-state index contributed by atoms with van der Waals surface area (Å²) in [4.78, 5) is 8.81. The molecule has 0 bridgehead atoms. The molecule has 3 aromatic rings. The van der Waals surface area contributed by atoms with Crippen LogP contribution in [-0.4, -0.2) is 25.0 Å². The summed E-state index contributed by atoms with van der Waals surface area (Å²) in [6.45, 7) is 0.837. The summed E-state index contributed by atoms with van der Waals surface area (Å²) in [6.07, 6.45) is 10.1. The van der Waals surface area contributed by atoms with E-state index in [9.17, 15) is 0 Å². The first-order valence-corrected chi connectivity index (χ1v) is 6.59. The number of hydrogen-bond donors (Lipinski definition) is 1. The Labute approximate surface area is 110 Å². The van der Waals surface area contributed by atoms with E-state index in [1.54, 1.807) is 12.5 Å². The molecule has 1 saturated carbocycles. The van der Waals surface area contributed by atoms with Crippen molar-refractivity contribution in [1.29, 1.82) is 0 Å². The maximum Gasteiger partial charge on any atom is 0.161 e. The van der Waals surface area contributed by atoms with Gasteiger partial charge in [-0.25, -0.2) is 9.97 Å². The molecule has 5 nitrogen and oxygen atoms in total. The van der Waals surface area contributed by atoms with Crippen molar-refractivity contribution >= 4 is 5.65 Å².